The minimum Gasteiger partial charge on any atom is -0.508 e. The van der Waals surface area contributed by atoms with Crippen LogP contribution in [-0.4, -0.2) is 23.4 Å². The summed E-state index contributed by atoms with van der Waals surface area (Å²) in [7, 11) is 0. The van der Waals surface area contributed by atoms with Gasteiger partial charge in [-0.1, -0.05) is 12.1 Å². The van der Waals surface area contributed by atoms with Crippen molar-refractivity contribution >= 4 is 17.4 Å². The molecule has 1 aromatic carbocycles. The molecule has 0 heterocycles. The first-order valence-electron chi connectivity index (χ1n) is 4.35. The first-order chi connectivity index (χ1) is 6.72. The number of benzene rings is 1. The number of phenols is 1. The molecule has 3 N–H and O–H groups in total. The van der Waals surface area contributed by atoms with Gasteiger partial charge in [-0.2, -0.15) is 0 Å². The second kappa shape index (κ2) is 5.50. The van der Waals surface area contributed by atoms with Gasteiger partial charge in [-0.25, -0.2) is 0 Å². The zero-order chi connectivity index (χ0) is 10.4. The van der Waals surface area contributed by atoms with E-state index >= 15 is 0 Å². The Hall–Kier alpha value is -1.22. The number of nitrogens with two attached hydrogens (primary N) is 1. The fraction of sp³-hybridized carbons (Fsp3) is 0.300. The molecule has 1 rings (SSSR count). The van der Waals surface area contributed by atoms with Crippen LogP contribution in [0.15, 0.2) is 29.3 Å². The Labute approximate surface area is 88.2 Å². The van der Waals surface area contributed by atoms with Crippen molar-refractivity contribution in [2.45, 2.75) is 6.42 Å². The second-order valence-electron chi connectivity index (χ2n) is 2.92. The molecule has 14 heavy (non-hydrogen) atoms. The highest BCUT2D eigenvalue weighted by molar-refractivity contribution is 6.27. The molecule has 0 aliphatic heterocycles. The van der Waals surface area contributed by atoms with E-state index in [1.165, 1.54) is 0 Å². The quantitative estimate of drug-likeness (QED) is 0.452. The summed E-state index contributed by atoms with van der Waals surface area (Å²) in [5.41, 5.74) is 6.56. The van der Waals surface area contributed by atoms with Crippen LogP contribution in [0.5, 0.6) is 5.75 Å². The number of alkyl halides is 1. The average molecular weight is 213 g/mol. The van der Waals surface area contributed by atoms with Crippen molar-refractivity contribution in [3.8, 4) is 5.75 Å². The highest BCUT2D eigenvalue weighted by atomic mass is 35.5. The number of aliphatic imine (C=N–C) groups is 1. The fourth-order valence-corrected chi connectivity index (χ4v) is 1.12. The van der Waals surface area contributed by atoms with Gasteiger partial charge in [0.25, 0.3) is 0 Å². The van der Waals surface area contributed by atoms with Crippen molar-refractivity contribution < 1.29 is 5.11 Å². The van der Waals surface area contributed by atoms with Crippen molar-refractivity contribution in [1.29, 1.82) is 0 Å². The number of phenolic OH excluding ortho intramolecular Hbond substituents is 1. The summed E-state index contributed by atoms with van der Waals surface area (Å²) < 4.78 is 0. The van der Waals surface area contributed by atoms with Crippen LogP contribution in [0.25, 0.3) is 0 Å². The summed E-state index contributed by atoms with van der Waals surface area (Å²) in [6.07, 6.45) is 0.803. The van der Waals surface area contributed by atoms with Gasteiger partial charge < -0.3 is 10.8 Å². The molecule has 0 amide bonds. The Kier molecular flexibility index (Phi) is 4.26. The number of nitrogens with zero attached hydrogens (tertiary/aromatic N) is 1. The van der Waals surface area contributed by atoms with E-state index in [0.717, 1.165) is 12.0 Å². The molecule has 0 fully saturated rings. The lowest BCUT2D eigenvalue weighted by Crippen LogP contribution is -2.14. The largest absolute Gasteiger partial charge is 0.508 e. The molecule has 0 saturated carbocycles. The van der Waals surface area contributed by atoms with E-state index in [1.807, 2.05) is 12.1 Å². The van der Waals surface area contributed by atoms with Gasteiger partial charge in [0, 0.05) is 6.54 Å². The third-order valence-corrected chi connectivity index (χ3v) is 2.06. The van der Waals surface area contributed by atoms with Gasteiger partial charge in [0.05, 0.1) is 5.88 Å². The van der Waals surface area contributed by atoms with Gasteiger partial charge in [0.1, 0.15) is 11.6 Å². The van der Waals surface area contributed by atoms with E-state index in [4.69, 9.17) is 22.4 Å². The fourth-order valence-electron chi connectivity index (χ4n) is 1.03. The summed E-state index contributed by atoms with van der Waals surface area (Å²) in [4.78, 5) is 4.06. The highest BCUT2D eigenvalue weighted by Gasteiger charge is 1.93. The number of rotatable bonds is 4. The number of aromatic hydroxyl groups is 1. The van der Waals surface area contributed by atoms with Crippen LogP contribution in [0.1, 0.15) is 5.56 Å². The van der Waals surface area contributed by atoms with Gasteiger partial charge in [0.15, 0.2) is 0 Å². The van der Waals surface area contributed by atoms with Crippen molar-refractivity contribution in [3.05, 3.63) is 29.8 Å². The number of halogens is 1. The maximum absolute atomic E-state index is 9.04. The van der Waals surface area contributed by atoms with E-state index in [-0.39, 0.29) is 11.6 Å². The standard InChI is InChI=1S/C10H13ClN2O/c11-7-10(12)13-6-5-8-1-3-9(14)4-2-8/h1-4,14H,5-7H2,(H2,12,13). The lowest BCUT2D eigenvalue weighted by molar-refractivity contribution is 0.475. The smallest absolute Gasteiger partial charge is 0.115 e. The van der Waals surface area contributed by atoms with Crippen molar-refractivity contribution in [2.75, 3.05) is 12.4 Å². The molecule has 76 valence electrons. The van der Waals surface area contributed by atoms with Crippen molar-refractivity contribution in [1.82, 2.24) is 0 Å². The van der Waals surface area contributed by atoms with E-state index in [1.54, 1.807) is 12.1 Å². The lowest BCUT2D eigenvalue weighted by Gasteiger charge is -1.99. The third kappa shape index (κ3) is 3.66. The molecule has 0 unspecified atom stereocenters. The van der Waals surface area contributed by atoms with Crippen LogP contribution >= 0.6 is 11.6 Å². The minimum atomic E-state index is 0.273. The van der Waals surface area contributed by atoms with Crippen LogP contribution in [0.4, 0.5) is 0 Å². The number of hydrogen-bond acceptors (Lipinski definition) is 2. The van der Waals surface area contributed by atoms with Gasteiger partial charge in [-0.3, -0.25) is 4.99 Å². The van der Waals surface area contributed by atoms with Crippen molar-refractivity contribution in [2.24, 2.45) is 10.7 Å². The van der Waals surface area contributed by atoms with Crippen LogP contribution < -0.4 is 5.73 Å². The summed E-state index contributed by atoms with van der Waals surface area (Å²) in [5.74, 6) is 1.01. The molecule has 4 heteroatoms. The summed E-state index contributed by atoms with van der Waals surface area (Å²) >= 11 is 5.47. The Bertz CT molecular complexity index is 308. The molecule has 1 aromatic rings. The zero-order valence-electron chi connectivity index (χ0n) is 7.78. The predicted octanol–water partition coefficient (Wildman–Crippen LogP) is 1.53. The van der Waals surface area contributed by atoms with Crippen molar-refractivity contribution in [3.63, 3.8) is 0 Å². The minimum absolute atomic E-state index is 0.273. The summed E-state index contributed by atoms with van der Waals surface area (Å²) in [6, 6.07) is 7.04. The van der Waals surface area contributed by atoms with Gasteiger partial charge in [0.2, 0.25) is 0 Å². The summed E-state index contributed by atoms with van der Waals surface area (Å²) in [5, 5.41) is 9.04. The van der Waals surface area contributed by atoms with E-state index in [2.05, 4.69) is 4.99 Å². The molecule has 3 nitrogen and oxygen atoms in total. The molecule has 0 radical (unpaired) electrons. The molecule has 0 atom stereocenters. The highest BCUT2D eigenvalue weighted by Crippen LogP contribution is 2.09. The van der Waals surface area contributed by atoms with Gasteiger partial charge >= 0.3 is 0 Å². The number of hydrogen-bond donors (Lipinski definition) is 2. The van der Waals surface area contributed by atoms with E-state index in [0.29, 0.717) is 12.4 Å². The molecule has 0 aliphatic rings. The Morgan fingerprint density at radius 3 is 2.57 bits per heavy atom. The normalized spacial score (nSPS) is 11.6. The average Bonchev–Trinajstić information content (AvgIpc) is 2.21. The van der Waals surface area contributed by atoms with E-state index in [9.17, 15) is 0 Å². The second-order valence-corrected chi connectivity index (χ2v) is 3.19. The predicted molar refractivity (Wildman–Crippen MR) is 59.0 cm³/mol. The molecular formula is C10H13ClN2O. The number of amidine groups is 1. The van der Waals surface area contributed by atoms with Gasteiger partial charge in [-0.05, 0) is 24.1 Å². The van der Waals surface area contributed by atoms with Crippen LogP contribution in [0.3, 0.4) is 0 Å². The first-order valence-corrected chi connectivity index (χ1v) is 4.88. The molecule has 0 spiro atoms. The molecule has 0 aromatic heterocycles. The molecular weight excluding hydrogens is 200 g/mol. The lowest BCUT2D eigenvalue weighted by atomic mass is 10.1. The van der Waals surface area contributed by atoms with Gasteiger partial charge in [-0.15, -0.1) is 11.6 Å². The Balaban J connectivity index is 2.42. The molecule has 0 saturated heterocycles. The van der Waals surface area contributed by atoms with E-state index < -0.39 is 0 Å². The summed E-state index contributed by atoms with van der Waals surface area (Å²) in [6.45, 7) is 0.628. The third-order valence-electron chi connectivity index (χ3n) is 1.79. The Morgan fingerprint density at radius 2 is 2.00 bits per heavy atom. The zero-order valence-corrected chi connectivity index (χ0v) is 8.54. The van der Waals surface area contributed by atoms with Crippen LogP contribution in [0, 0.1) is 0 Å². The topological polar surface area (TPSA) is 58.6 Å². The van der Waals surface area contributed by atoms with Crippen LogP contribution in [-0.2, 0) is 6.42 Å². The maximum atomic E-state index is 9.04. The maximum Gasteiger partial charge on any atom is 0.115 e. The SMILES string of the molecule is NC(CCl)=NCCc1ccc(O)cc1. The first kappa shape index (κ1) is 10.9. The molecule has 0 aliphatic carbocycles. The Morgan fingerprint density at radius 1 is 1.36 bits per heavy atom. The van der Waals surface area contributed by atoms with Crippen LogP contribution in [0.2, 0.25) is 0 Å². The molecule has 0 bridgehead atoms. The monoisotopic (exact) mass is 212 g/mol.